The molecule has 2 atom stereocenters. The SMILES string of the molecule is Cc1sc2nc(CN3CC(C)NC(C)C3)[nH]c(=O)c2c1C. The molecule has 0 aromatic carbocycles. The summed E-state index contributed by atoms with van der Waals surface area (Å²) in [4.78, 5) is 24.3. The van der Waals surface area contributed by atoms with Crippen LogP contribution in [0.2, 0.25) is 0 Å². The van der Waals surface area contributed by atoms with Gasteiger partial charge in [-0.05, 0) is 33.3 Å². The van der Waals surface area contributed by atoms with Crippen molar-refractivity contribution in [3.63, 3.8) is 0 Å². The second-order valence-electron chi connectivity index (χ2n) is 6.14. The van der Waals surface area contributed by atoms with Gasteiger partial charge >= 0.3 is 0 Å². The normalized spacial score (nSPS) is 23.8. The zero-order chi connectivity index (χ0) is 15.1. The zero-order valence-corrected chi connectivity index (χ0v) is 13.8. The monoisotopic (exact) mass is 306 g/mol. The molecule has 21 heavy (non-hydrogen) atoms. The Morgan fingerprint density at radius 1 is 1.29 bits per heavy atom. The van der Waals surface area contributed by atoms with E-state index in [0.717, 1.165) is 34.7 Å². The van der Waals surface area contributed by atoms with E-state index < -0.39 is 0 Å². The highest BCUT2D eigenvalue weighted by atomic mass is 32.1. The van der Waals surface area contributed by atoms with Crippen molar-refractivity contribution in [1.82, 2.24) is 20.2 Å². The summed E-state index contributed by atoms with van der Waals surface area (Å²) in [6.45, 7) is 11.1. The lowest BCUT2D eigenvalue weighted by Gasteiger charge is -2.35. The molecule has 0 bridgehead atoms. The van der Waals surface area contributed by atoms with Crippen molar-refractivity contribution in [1.29, 1.82) is 0 Å². The molecule has 1 aliphatic rings. The molecule has 0 radical (unpaired) electrons. The number of rotatable bonds is 2. The largest absolute Gasteiger partial charge is 0.309 e. The molecule has 114 valence electrons. The third-order valence-electron chi connectivity index (χ3n) is 4.09. The second-order valence-corrected chi connectivity index (χ2v) is 7.34. The molecule has 1 aliphatic heterocycles. The molecule has 2 aromatic rings. The molecule has 2 unspecified atom stereocenters. The van der Waals surface area contributed by atoms with Crippen LogP contribution < -0.4 is 10.9 Å². The lowest BCUT2D eigenvalue weighted by molar-refractivity contribution is 0.163. The van der Waals surface area contributed by atoms with E-state index in [2.05, 4.69) is 34.0 Å². The molecular formula is C15H22N4OS. The predicted octanol–water partition coefficient (Wildman–Crippen LogP) is 1.78. The highest BCUT2D eigenvalue weighted by Gasteiger charge is 2.22. The van der Waals surface area contributed by atoms with Crippen LogP contribution in [0.25, 0.3) is 10.2 Å². The Balaban J connectivity index is 1.89. The smallest absolute Gasteiger partial charge is 0.259 e. The fourth-order valence-corrected chi connectivity index (χ4v) is 4.20. The summed E-state index contributed by atoms with van der Waals surface area (Å²) < 4.78 is 0. The van der Waals surface area contributed by atoms with E-state index in [9.17, 15) is 4.79 Å². The minimum atomic E-state index is -0.00641. The minimum absolute atomic E-state index is 0.00641. The van der Waals surface area contributed by atoms with Crippen LogP contribution >= 0.6 is 11.3 Å². The van der Waals surface area contributed by atoms with Crippen LogP contribution in [0.4, 0.5) is 0 Å². The maximum absolute atomic E-state index is 12.3. The summed E-state index contributed by atoms with van der Waals surface area (Å²) in [5.74, 6) is 0.773. The first kappa shape index (κ1) is 14.7. The van der Waals surface area contributed by atoms with Gasteiger partial charge in [-0.25, -0.2) is 4.98 Å². The van der Waals surface area contributed by atoms with Gasteiger partial charge in [0.05, 0.1) is 11.9 Å². The van der Waals surface area contributed by atoms with E-state index in [1.807, 2.05) is 13.8 Å². The van der Waals surface area contributed by atoms with E-state index in [1.54, 1.807) is 11.3 Å². The number of piperazine rings is 1. The minimum Gasteiger partial charge on any atom is -0.309 e. The van der Waals surface area contributed by atoms with Crippen LogP contribution in [-0.2, 0) is 6.54 Å². The molecule has 2 N–H and O–H groups in total. The zero-order valence-electron chi connectivity index (χ0n) is 13.0. The first-order valence-electron chi connectivity index (χ1n) is 7.41. The van der Waals surface area contributed by atoms with Gasteiger partial charge < -0.3 is 10.3 Å². The van der Waals surface area contributed by atoms with E-state index in [0.29, 0.717) is 18.6 Å². The second kappa shape index (κ2) is 5.51. The van der Waals surface area contributed by atoms with Crippen molar-refractivity contribution < 1.29 is 0 Å². The number of aryl methyl sites for hydroxylation is 2. The van der Waals surface area contributed by atoms with E-state index in [1.165, 1.54) is 4.88 Å². The number of hydrogen-bond acceptors (Lipinski definition) is 5. The highest BCUT2D eigenvalue weighted by molar-refractivity contribution is 7.18. The number of nitrogens with zero attached hydrogens (tertiary/aromatic N) is 2. The molecule has 0 amide bonds. The van der Waals surface area contributed by atoms with Crippen LogP contribution in [0.5, 0.6) is 0 Å². The lowest BCUT2D eigenvalue weighted by atomic mass is 10.1. The molecule has 3 rings (SSSR count). The summed E-state index contributed by atoms with van der Waals surface area (Å²) in [7, 11) is 0. The number of aromatic amines is 1. The van der Waals surface area contributed by atoms with Gasteiger partial charge in [0.25, 0.3) is 5.56 Å². The molecule has 1 fully saturated rings. The topological polar surface area (TPSA) is 61.0 Å². The Morgan fingerprint density at radius 3 is 2.62 bits per heavy atom. The third-order valence-corrected chi connectivity index (χ3v) is 5.20. The van der Waals surface area contributed by atoms with Crippen LogP contribution in [0.15, 0.2) is 4.79 Å². The van der Waals surface area contributed by atoms with Crippen LogP contribution in [-0.4, -0.2) is 40.0 Å². The lowest BCUT2D eigenvalue weighted by Crippen LogP contribution is -2.53. The standard InChI is InChI=1S/C15H22N4OS/c1-8-5-19(6-9(2)16-8)7-12-17-14(20)13-10(3)11(4)21-15(13)18-12/h8-9,16H,5-7H2,1-4H3,(H,17,18,20). The van der Waals surface area contributed by atoms with Gasteiger partial charge in [-0.3, -0.25) is 9.69 Å². The number of fused-ring (bicyclic) bond motifs is 1. The van der Waals surface area contributed by atoms with Gasteiger partial charge in [0.1, 0.15) is 10.7 Å². The van der Waals surface area contributed by atoms with Gasteiger partial charge in [-0.15, -0.1) is 11.3 Å². The van der Waals surface area contributed by atoms with Crippen molar-refractivity contribution in [3.8, 4) is 0 Å². The first-order chi connectivity index (χ1) is 9.94. The van der Waals surface area contributed by atoms with Crippen molar-refractivity contribution in [2.24, 2.45) is 0 Å². The Bertz CT molecular complexity index is 710. The molecule has 3 heterocycles. The summed E-state index contributed by atoms with van der Waals surface area (Å²) in [6.07, 6.45) is 0. The summed E-state index contributed by atoms with van der Waals surface area (Å²) in [5, 5.41) is 4.27. The quantitative estimate of drug-likeness (QED) is 0.888. The summed E-state index contributed by atoms with van der Waals surface area (Å²) in [6, 6.07) is 0.936. The van der Waals surface area contributed by atoms with Crippen molar-refractivity contribution in [2.45, 2.75) is 46.3 Å². The third kappa shape index (κ3) is 2.88. The van der Waals surface area contributed by atoms with Crippen LogP contribution in [0, 0.1) is 13.8 Å². The molecular weight excluding hydrogens is 284 g/mol. The maximum atomic E-state index is 12.3. The molecule has 6 heteroatoms. The van der Waals surface area contributed by atoms with Crippen molar-refractivity contribution >= 4 is 21.6 Å². The van der Waals surface area contributed by atoms with Gasteiger partial charge in [0.2, 0.25) is 0 Å². The highest BCUT2D eigenvalue weighted by Crippen LogP contribution is 2.25. The number of hydrogen-bond donors (Lipinski definition) is 2. The first-order valence-corrected chi connectivity index (χ1v) is 8.23. The molecule has 2 aromatic heterocycles. The van der Waals surface area contributed by atoms with E-state index >= 15 is 0 Å². The molecule has 0 saturated carbocycles. The number of H-pyrrole nitrogens is 1. The van der Waals surface area contributed by atoms with Crippen LogP contribution in [0.3, 0.4) is 0 Å². The average Bonchev–Trinajstić information content (AvgIpc) is 2.63. The molecule has 1 saturated heterocycles. The van der Waals surface area contributed by atoms with Crippen molar-refractivity contribution in [3.05, 3.63) is 26.6 Å². The average molecular weight is 306 g/mol. The predicted molar refractivity (Wildman–Crippen MR) is 87.1 cm³/mol. The molecule has 0 spiro atoms. The number of nitrogens with one attached hydrogen (secondary N) is 2. The van der Waals surface area contributed by atoms with Gasteiger partial charge in [-0.1, -0.05) is 0 Å². The van der Waals surface area contributed by atoms with E-state index in [-0.39, 0.29) is 5.56 Å². The van der Waals surface area contributed by atoms with Crippen molar-refractivity contribution in [2.75, 3.05) is 13.1 Å². The molecule has 5 nitrogen and oxygen atoms in total. The summed E-state index contributed by atoms with van der Waals surface area (Å²) >= 11 is 1.61. The van der Waals surface area contributed by atoms with Gasteiger partial charge in [-0.2, -0.15) is 0 Å². The Kier molecular flexibility index (Phi) is 3.86. The van der Waals surface area contributed by atoms with Crippen LogP contribution in [0.1, 0.15) is 30.1 Å². The Hall–Kier alpha value is -1.24. The summed E-state index contributed by atoms with van der Waals surface area (Å²) in [5.41, 5.74) is 1.05. The van der Waals surface area contributed by atoms with Gasteiger partial charge in [0.15, 0.2) is 0 Å². The Labute approximate surface area is 128 Å². The number of thiophene rings is 1. The Morgan fingerprint density at radius 2 is 1.95 bits per heavy atom. The van der Waals surface area contributed by atoms with Gasteiger partial charge in [0, 0.05) is 30.1 Å². The fraction of sp³-hybridized carbons (Fsp3) is 0.600. The maximum Gasteiger partial charge on any atom is 0.259 e. The molecule has 0 aliphatic carbocycles. The van der Waals surface area contributed by atoms with E-state index in [4.69, 9.17) is 0 Å². The fourth-order valence-electron chi connectivity index (χ4n) is 3.16. The number of aromatic nitrogens is 2.